The molecule has 12 heteroatoms. The van der Waals surface area contributed by atoms with Gasteiger partial charge >= 0.3 is 0 Å². The van der Waals surface area contributed by atoms with Crippen LogP contribution >= 0.6 is 0 Å². The molecule has 0 saturated carbocycles. The summed E-state index contributed by atoms with van der Waals surface area (Å²) in [5, 5.41) is 19.8. The lowest BCUT2D eigenvalue weighted by Gasteiger charge is -2.34. The molecule has 1 aliphatic rings. The summed E-state index contributed by atoms with van der Waals surface area (Å²) < 4.78 is 34.6. The van der Waals surface area contributed by atoms with Crippen molar-refractivity contribution >= 4 is 27.7 Å². The van der Waals surface area contributed by atoms with E-state index in [2.05, 4.69) is 16.0 Å². The van der Waals surface area contributed by atoms with Crippen LogP contribution in [0.15, 0.2) is 53.4 Å². The maximum absolute atomic E-state index is 13.9. The van der Waals surface area contributed by atoms with Crippen LogP contribution in [0.2, 0.25) is 0 Å². The van der Waals surface area contributed by atoms with Crippen molar-refractivity contribution in [2.45, 2.75) is 83.9 Å². The van der Waals surface area contributed by atoms with E-state index in [1.54, 1.807) is 39.8 Å². The zero-order valence-corrected chi connectivity index (χ0v) is 27.9. The average molecular weight is 645 g/mol. The van der Waals surface area contributed by atoms with E-state index < -0.39 is 45.4 Å². The Morgan fingerprint density at radius 1 is 1.00 bits per heavy atom. The van der Waals surface area contributed by atoms with Crippen LogP contribution in [0.1, 0.15) is 59.1 Å². The zero-order valence-electron chi connectivity index (χ0n) is 27.1. The highest BCUT2D eigenvalue weighted by Crippen LogP contribution is 2.29. The molecule has 248 valence electrons. The first kappa shape index (κ1) is 36.0. The molecule has 0 aliphatic carbocycles. The van der Waals surface area contributed by atoms with Crippen LogP contribution in [-0.4, -0.2) is 80.0 Å². The Bertz CT molecular complexity index is 1420. The molecule has 3 rings (SSSR count). The number of aliphatic hydroxyl groups is 1. The molecule has 0 bridgehead atoms. The number of nitrogens with zero attached hydrogens (tertiary/aromatic N) is 1. The number of aliphatic hydroxyl groups excluding tert-OH is 1. The van der Waals surface area contributed by atoms with Gasteiger partial charge in [0.15, 0.2) is 0 Å². The third-order valence-electron chi connectivity index (χ3n) is 7.55. The van der Waals surface area contributed by atoms with E-state index in [1.165, 1.54) is 10.4 Å². The molecule has 2 aromatic rings. The molecular formula is C33H48N4O7S. The van der Waals surface area contributed by atoms with Crippen molar-refractivity contribution in [2.75, 3.05) is 26.2 Å². The van der Waals surface area contributed by atoms with Gasteiger partial charge in [-0.15, -0.1) is 0 Å². The quantitative estimate of drug-likeness (QED) is 0.232. The minimum atomic E-state index is -4.01. The molecule has 1 aliphatic heterocycles. The summed E-state index contributed by atoms with van der Waals surface area (Å²) in [7, 11) is -4.01. The number of rotatable bonds is 15. The predicted octanol–water partition coefficient (Wildman–Crippen LogP) is 2.41. The molecule has 0 spiro atoms. The Kier molecular flexibility index (Phi) is 12.5. The normalized spacial score (nSPS) is 15.1. The molecule has 11 nitrogen and oxygen atoms in total. The van der Waals surface area contributed by atoms with Gasteiger partial charge in [0.2, 0.25) is 27.7 Å². The third kappa shape index (κ3) is 10.3. The molecule has 3 atom stereocenters. The second-order valence-corrected chi connectivity index (χ2v) is 14.9. The average Bonchev–Trinajstić information content (AvgIpc) is 3.45. The van der Waals surface area contributed by atoms with Crippen molar-refractivity contribution in [2.24, 2.45) is 11.3 Å². The lowest BCUT2D eigenvalue weighted by molar-refractivity contribution is -0.132. The molecule has 0 fully saturated rings. The number of carbonyl (C=O) groups excluding carboxylic acids is 3. The van der Waals surface area contributed by atoms with Crippen LogP contribution in [-0.2, 0) is 37.2 Å². The highest BCUT2D eigenvalue weighted by Gasteiger charge is 2.37. The van der Waals surface area contributed by atoms with Crippen molar-refractivity contribution in [1.29, 1.82) is 0 Å². The van der Waals surface area contributed by atoms with Gasteiger partial charge in [0.1, 0.15) is 11.8 Å². The molecule has 4 N–H and O–H groups in total. The lowest BCUT2D eigenvalue weighted by atomic mass is 9.85. The fourth-order valence-electron chi connectivity index (χ4n) is 5.09. The van der Waals surface area contributed by atoms with Crippen LogP contribution in [0.3, 0.4) is 0 Å². The van der Waals surface area contributed by atoms with Crippen LogP contribution in [0.5, 0.6) is 5.75 Å². The van der Waals surface area contributed by atoms with Crippen LogP contribution in [0.25, 0.3) is 0 Å². The summed E-state index contributed by atoms with van der Waals surface area (Å²) >= 11 is 0. The topological polar surface area (TPSA) is 154 Å². The minimum Gasteiger partial charge on any atom is -0.493 e. The largest absolute Gasteiger partial charge is 0.493 e. The number of benzene rings is 2. The molecule has 0 aromatic heterocycles. The number of fused-ring (bicyclic) bond motifs is 1. The molecule has 45 heavy (non-hydrogen) atoms. The predicted molar refractivity (Wildman–Crippen MR) is 172 cm³/mol. The molecule has 3 amide bonds. The number of sulfonamides is 1. The summed E-state index contributed by atoms with van der Waals surface area (Å²) in [5.41, 5.74) is 0.929. The fourth-order valence-corrected chi connectivity index (χ4v) is 6.77. The third-order valence-corrected chi connectivity index (χ3v) is 9.38. The number of hydrogen-bond donors (Lipinski definition) is 4. The summed E-state index contributed by atoms with van der Waals surface area (Å²) in [5.74, 6) is -0.721. The van der Waals surface area contributed by atoms with Crippen molar-refractivity contribution in [1.82, 2.24) is 20.3 Å². The zero-order chi connectivity index (χ0) is 33.4. The first-order chi connectivity index (χ1) is 21.1. The highest BCUT2D eigenvalue weighted by molar-refractivity contribution is 7.89. The molecular weight excluding hydrogens is 596 g/mol. The maximum atomic E-state index is 13.9. The standard InChI is InChI=1S/C33H48N4O7S/c1-7-29(39)34-19-30(40)36-31(33(4,5)6)32(41)35-26(17-23-11-9-8-10-12-23)27(38)21-37(20-22(2)3)45(42,43)25-13-14-28-24(18-25)15-16-44-28/h8-14,18,22,26-27,31,38H,7,15-17,19-21H2,1-6H3,(H,34,39)(H,35,41)(H,36,40)/t26-,27+,31+/m0/s1. The van der Waals surface area contributed by atoms with Gasteiger partial charge in [-0.2, -0.15) is 4.31 Å². The lowest BCUT2D eigenvalue weighted by Crippen LogP contribution is -2.59. The Balaban J connectivity index is 1.87. The monoisotopic (exact) mass is 644 g/mol. The molecule has 0 radical (unpaired) electrons. The molecule has 0 unspecified atom stereocenters. The van der Waals surface area contributed by atoms with E-state index in [1.807, 2.05) is 44.2 Å². The van der Waals surface area contributed by atoms with Crippen LogP contribution in [0, 0.1) is 11.3 Å². The van der Waals surface area contributed by atoms with E-state index in [0.29, 0.717) is 18.8 Å². The Labute approximate surface area is 267 Å². The van der Waals surface area contributed by atoms with Gasteiger partial charge in [-0.05, 0) is 47.1 Å². The molecule has 2 aromatic carbocycles. The Morgan fingerprint density at radius 2 is 1.69 bits per heavy atom. The SMILES string of the molecule is CCC(=O)NCC(=O)N[C@H](C(=O)N[C@@H](Cc1ccccc1)[C@H](O)CN(CC(C)C)S(=O)(=O)c1ccc2c(c1)CCO2)C(C)(C)C. The van der Waals surface area contributed by atoms with Crippen LogP contribution < -0.4 is 20.7 Å². The van der Waals surface area contributed by atoms with Gasteiger partial charge in [-0.1, -0.05) is 71.9 Å². The van der Waals surface area contributed by atoms with E-state index in [9.17, 15) is 27.9 Å². The van der Waals surface area contributed by atoms with Crippen molar-refractivity contribution in [3.63, 3.8) is 0 Å². The number of hydrogen-bond acceptors (Lipinski definition) is 7. The number of carbonyl (C=O) groups is 3. The second-order valence-electron chi connectivity index (χ2n) is 13.0. The van der Waals surface area contributed by atoms with Crippen molar-refractivity contribution in [3.05, 3.63) is 59.7 Å². The first-order valence-corrected chi connectivity index (χ1v) is 16.9. The van der Waals surface area contributed by atoms with Crippen molar-refractivity contribution < 1.29 is 32.6 Å². The highest BCUT2D eigenvalue weighted by atomic mass is 32.2. The summed E-state index contributed by atoms with van der Waals surface area (Å²) in [6.07, 6.45) is -0.232. The second kappa shape index (κ2) is 15.7. The van der Waals surface area contributed by atoms with Gasteiger partial charge in [-0.25, -0.2) is 8.42 Å². The van der Waals surface area contributed by atoms with E-state index in [0.717, 1.165) is 11.1 Å². The summed E-state index contributed by atoms with van der Waals surface area (Å²) in [6.45, 7) is 11.0. The van der Waals surface area contributed by atoms with Gasteiger partial charge in [-0.3, -0.25) is 14.4 Å². The summed E-state index contributed by atoms with van der Waals surface area (Å²) in [6, 6.07) is 12.2. The Morgan fingerprint density at radius 3 is 2.31 bits per heavy atom. The van der Waals surface area contributed by atoms with Gasteiger partial charge < -0.3 is 25.8 Å². The number of amides is 3. The number of ether oxygens (including phenoxy) is 1. The van der Waals surface area contributed by atoms with Crippen molar-refractivity contribution in [3.8, 4) is 5.75 Å². The van der Waals surface area contributed by atoms with E-state index in [-0.39, 0.29) is 49.2 Å². The number of nitrogens with one attached hydrogen (secondary N) is 3. The van der Waals surface area contributed by atoms with E-state index >= 15 is 0 Å². The molecule has 0 saturated heterocycles. The van der Waals surface area contributed by atoms with E-state index in [4.69, 9.17) is 4.74 Å². The summed E-state index contributed by atoms with van der Waals surface area (Å²) in [4.78, 5) is 38.2. The van der Waals surface area contributed by atoms with Crippen LogP contribution in [0.4, 0.5) is 0 Å². The maximum Gasteiger partial charge on any atom is 0.243 e. The minimum absolute atomic E-state index is 0.0411. The first-order valence-electron chi connectivity index (χ1n) is 15.5. The fraction of sp³-hybridized carbons (Fsp3) is 0.545. The van der Waals surface area contributed by atoms with Gasteiger partial charge in [0.05, 0.1) is 30.2 Å². The Hall–Kier alpha value is -3.48. The smallest absolute Gasteiger partial charge is 0.243 e. The van der Waals surface area contributed by atoms with Gasteiger partial charge in [0, 0.05) is 25.9 Å². The van der Waals surface area contributed by atoms with Gasteiger partial charge in [0.25, 0.3) is 0 Å². The molecule has 1 heterocycles.